The molecule has 0 heterocycles. The van der Waals surface area contributed by atoms with Gasteiger partial charge in [-0.05, 0) is 38.1 Å². The van der Waals surface area contributed by atoms with Gasteiger partial charge in [0, 0.05) is 18.1 Å². The number of hydrogen-bond acceptors (Lipinski definition) is 2. The third-order valence-electron chi connectivity index (χ3n) is 5.43. The van der Waals surface area contributed by atoms with Crippen molar-refractivity contribution in [1.82, 2.24) is 4.90 Å². The summed E-state index contributed by atoms with van der Waals surface area (Å²) in [6, 6.07) is 0.784. The van der Waals surface area contributed by atoms with Gasteiger partial charge >= 0.3 is 0 Å². The lowest BCUT2D eigenvalue weighted by Gasteiger charge is -2.49. The van der Waals surface area contributed by atoms with Crippen molar-refractivity contribution in [3.63, 3.8) is 0 Å². The Balaban J connectivity index is 2.85. The molecule has 0 bridgehead atoms. The largest absolute Gasteiger partial charge is 0.329 e. The first-order valence-corrected chi connectivity index (χ1v) is 8.60. The lowest BCUT2D eigenvalue weighted by molar-refractivity contribution is 0.0157. The lowest BCUT2D eigenvalue weighted by Crippen LogP contribution is -2.58. The molecule has 0 radical (unpaired) electrons. The van der Waals surface area contributed by atoms with Gasteiger partial charge in [-0.3, -0.25) is 4.90 Å². The van der Waals surface area contributed by atoms with Crippen LogP contribution in [0, 0.1) is 5.92 Å². The van der Waals surface area contributed by atoms with Crippen LogP contribution in [0.4, 0.5) is 0 Å². The SMILES string of the molecule is CCC(C)CC(CC)(CN)N(CC)C1CCCCC1. The summed E-state index contributed by atoms with van der Waals surface area (Å²) in [5.74, 6) is 0.779. The van der Waals surface area contributed by atoms with E-state index in [9.17, 15) is 0 Å². The van der Waals surface area contributed by atoms with Crippen LogP contribution < -0.4 is 5.73 Å². The summed E-state index contributed by atoms with van der Waals surface area (Å²) in [4.78, 5) is 2.78. The van der Waals surface area contributed by atoms with Gasteiger partial charge in [-0.1, -0.05) is 53.4 Å². The molecule has 1 rings (SSSR count). The Morgan fingerprint density at radius 1 is 1.16 bits per heavy atom. The fraction of sp³-hybridized carbons (Fsp3) is 1.00. The Morgan fingerprint density at radius 2 is 1.79 bits per heavy atom. The molecule has 2 nitrogen and oxygen atoms in total. The molecule has 0 aromatic heterocycles. The van der Waals surface area contributed by atoms with E-state index < -0.39 is 0 Å². The maximum absolute atomic E-state index is 6.26. The van der Waals surface area contributed by atoms with Gasteiger partial charge in [-0.25, -0.2) is 0 Å². The van der Waals surface area contributed by atoms with E-state index in [4.69, 9.17) is 5.73 Å². The molecule has 1 aliphatic rings. The first-order valence-electron chi connectivity index (χ1n) is 8.60. The van der Waals surface area contributed by atoms with Crippen LogP contribution >= 0.6 is 0 Å². The van der Waals surface area contributed by atoms with Crippen LogP contribution in [0.15, 0.2) is 0 Å². The van der Waals surface area contributed by atoms with E-state index >= 15 is 0 Å². The van der Waals surface area contributed by atoms with Gasteiger partial charge in [-0.2, -0.15) is 0 Å². The standard InChI is InChI=1S/C17H36N2/c1-5-15(4)13-17(6-2,14-18)19(7-3)16-11-9-8-10-12-16/h15-16H,5-14,18H2,1-4H3. The molecule has 1 fully saturated rings. The molecular formula is C17H36N2. The van der Waals surface area contributed by atoms with Crippen LogP contribution in [0.1, 0.15) is 79.1 Å². The topological polar surface area (TPSA) is 29.3 Å². The van der Waals surface area contributed by atoms with Crippen molar-refractivity contribution in [3.05, 3.63) is 0 Å². The summed E-state index contributed by atoms with van der Waals surface area (Å²) in [6.45, 7) is 11.3. The summed E-state index contributed by atoms with van der Waals surface area (Å²) in [7, 11) is 0. The highest BCUT2D eigenvalue weighted by Gasteiger charge is 2.38. The van der Waals surface area contributed by atoms with Crippen LogP contribution in [0.25, 0.3) is 0 Å². The predicted octanol–water partition coefficient (Wildman–Crippen LogP) is 4.18. The molecule has 2 unspecified atom stereocenters. The van der Waals surface area contributed by atoms with Crippen molar-refractivity contribution in [2.45, 2.75) is 90.6 Å². The maximum Gasteiger partial charge on any atom is 0.0334 e. The van der Waals surface area contributed by atoms with E-state index in [0.717, 1.165) is 25.0 Å². The number of hydrogen-bond donors (Lipinski definition) is 1. The molecule has 114 valence electrons. The van der Waals surface area contributed by atoms with Crippen molar-refractivity contribution in [2.24, 2.45) is 11.7 Å². The van der Waals surface area contributed by atoms with Gasteiger partial charge in [0.2, 0.25) is 0 Å². The van der Waals surface area contributed by atoms with Crippen LogP contribution in [-0.4, -0.2) is 29.6 Å². The van der Waals surface area contributed by atoms with E-state index in [0.29, 0.717) is 0 Å². The third-order valence-corrected chi connectivity index (χ3v) is 5.43. The van der Waals surface area contributed by atoms with E-state index in [1.54, 1.807) is 0 Å². The summed E-state index contributed by atoms with van der Waals surface area (Å²) in [5, 5.41) is 0. The minimum Gasteiger partial charge on any atom is -0.329 e. The third kappa shape index (κ3) is 4.19. The maximum atomic E-state index is 6.26. The van der Waals surface area contributed by atoms with Crippen LogP contribution in [0.5, 0.6) is 0 Å². The molecule has 0 aromatic rings. The Kier molecular flexibility index (Phi) is 7.38. The summed E-state index contributed by atoms with van der Waals surface area (Å²) in [6.07, 6.45) is 10.8. The summed E-state index contributed by atoms with van der Waals surface area (Å²) in [5.41, 5.74) is 6.50. The molecule has 0 spiro atoms. The minimum absolute atomic E-state index is 0.242. The van der Waals surface area contributed by atoms with Crippen molar-refractivity contribution in [2.75, 3.05) is 13.1 Å². The first-order chi connectivity index (χ1) is 9.13. The molecule has 0 amide bonds. The molecule has 2 heteroatoms. The Bertz CT molecular complexity index is 229. The smallest absolute Gasteiger partial charge is 0.0334 e. The Hall–Kier alpha value is -0.0800. The zero-order valence-corrected chi connectivity index (χ0v) is 13.8. The fourth-order valence-electron chi connectivity index (χ4n) is 3.98. The molecule has 0 saturated heterocycles. The van der Waals surface area contributed by atoms with Crippen LogP contribution in [0.2, 0.25) is 0 Å². The van der Waals surface area contributed by atoms with Crippen molar-refractivity contribution in [3.8, 4) is 0 Å². The average Bonchev–Trinajstić information content (AvgIpc) is 2.47. The first kappa shape index (κ1) is 17.0. The number of likely N-dealkylation sites (N-methyl/N-ethyl adjacent to an activating group) is 1. The molecule has 2 atom stereocenters. The summed E-state index contributed by atoms with van der Waals surface area (Å²) >= 11 is 0. The molecule has 1 aliphatic carbocycles. The van der Waals surface area contributed by atoms with Crippen molar-refractivity contribution >= 4 is 0 Å². The van der Waals surface area contributed by atoms with Crippen molar-refractivity contribution in [1.29, 1.82) is 0 Å². The lowest BCUT2D eigenvalue weighted by atomic mass is 9.80. The number of nitrogens with zero attached hydrogens (tertiary/aromatic N) is 1. The quantitative estimate of drug-likeness (QED) is 0.715. The van der Waals surface area contributed by atoms with Crippen LogP contribution in [-0.2, 0) is 0 Å². The van der Waals surface area contributed by atoms with Gasteiger partial charge < -0.3 is 5.73 Å². The second kappa shape index (κ2) is 8.26. The zero-order chi connectivity index (χ0) is 14.3. The fourth-order valence-corrected chi connectivity index (χ4v) is 3.98. The van der Waals surface area contributed by atoms with Crippen LogP contribution in [0.3, 0.4) is 0 Å². The number of rotatable bonds is 8. The predicted molar refractivity (Wildman–Crippen MR) is 85.4 cm³/mol. The highest BCUT2D eigenvalue weighted by molar-refractivity contribution is 4.95. The molecule has 19 heavy (non-hydrogen) atoms. The molecule has 1 saturated carbocycles. The van der Waals surface area contributed by atoms with Gasteiger partial charge in [0.1, 0.15) is 0 Å². The highest BCUT2D eigenvalue weighted by atomic mass is 15.2. The van der Waals surface area contributed by atoms with E-state index in [1.165, 1.54) is 51.4 Å². The normalized spacial score (nSPS) is 22.4. The highest BCUT2D eigenvalue weighted by Crippen LogP contribution is 2.34. The monoisotopic (exact) mass is 268 g/mol. The van der Waals surface area contributed by atoms with Gasteiger partial charge in [0.15, 0.2) is 0 Å². The molecule has 2 N–H and O–H groups in total. The Morgan fingerprint density at radius 3 is 2.21 bits per heavy atom. The second-order valence-electron chi connectivity index (χ2n) is 6.58. The Labute approximate surface area is 121 Å². The van der Waals surface area contributed by atoms with E-state index in [-0.39, 0.29) is 5.54 Å². The van der Waals surface area contributed by atoms with E-state index in [2.05, 4.69) is 32.6 Å². The molecule has 0 aromatic carbocycles. The molecular weight excluding hydrogens is 232 g/mol. The zero-order valence-electron chi connectivity index (χ0n) is 13.8. The number of nitrogens with two attached hydrogens (primary N) is 1. The second-order valence-corrected chi connectivity index (χ2v) is 6.58. The van der Waals surface area contributed by atoms with Gasteiger partial charge in [-0.15, -0.1) is 0 Å². The van der Waals surface area contributed by atoms with Gasteiger partial charge in [0.25, 0.3) is 0 Å². The average molecular weight is 268 g/mol. The summed E-state index contributed by atoms with van der Waals surface area (Å²) < 4.78 is 0. The minimum atomic E-state index is 0.242. The van der Waals surface area contributed by atoms with Crippen molar-refractivity contribution < 1.29 is 0 Å². The molecule has 0 aliphatic heterocycles. The van der Waals surface area contributed by atoms with Gasteiger partial charge in [0.05, 0.1) is 0 Å². The van der Waals surface area contributed by atoms with E-state index in [1.807, 2.05) is 0 Å².